The Kier molecular flexibility index (Phi) is 7.53. The number of aliphatic carboxylic acids is 1. The summed E-state index contributed by atoms with van der Waals surface area (Å²) in [7, 11) is 1.78. The third kappa shape index (κ3) is 4.95. The highest BCUT2D eigenvalue weighted by Crippen LogP contribution is 2.09. The van der Waals surface area contributed by atoms with E-state index in [1.165, 1.54) is 0 Å². The van der Waals surface area contributed by atoms with E-state index in [0.29, 0.717) is 5.69 Å². The van der Waals surface area contributed by atoms with Crippen molar-refractivity contribution in [3.8, 4) is 0 Å². The number of aromatic nitrogens is 1. The number of rotatable bonds is 9. The Morgan fingerprint density at radius 2 is 1.80 bits per heavy atom. The molecule has 0 aromatic carbocycles. The first-order chi connectivity index (χ1) is 14.1. The van der Waals surface area contributed by atoms with Crippen LogP contribution in [0.1, 0.15) is 49.2 Å². The van der Waals surface area contributed by atoms with Crippen LogP contribution in [0, 0.1) is 12.8 Å². The molecule has 1 aliphatic rings. The van der Waals surface area contributed by atoms with Crippen molar-refractivity contribution in [1.29, 1.82) is 0 Å². The quantitative estimate of drug-likeness (QED) is 0.516. The van der Waals surface area contributed by atoms with E-state index in [9.17, 15) is 23.6 Å². The Balaban J connectivity index is 2.27. The van der Waals surface area contributed by atoms with Gasteiger partial charge in [-0.3, -0.25) is 19.2 Å². The number of halogens is 1. The van der Waals surface area contributed by atoms with Gasteiger partial charge in [0.05, 0.1) is 6.42 Å². The highest BCUT2D eigenvalue weighted by Gasteiger charge is 2.31. The van der Waals surface area contributed by atoms with E-state index in [1.54, 1.807) is 25.5 Å². The smallest absolute Gasteiger partial charge is 0.305 e. The number of fused-ring (bicyclic) bond motifs is 1. The molecule has 1 aromatic heterocycles. The fourth-order valence-corrected chi connectivity index (χ4v) is 3.67. The van der Waals surface area contributed by atoms with Crippen LogP contribution in [-0.2, 0) is 21.4 Å². The van der Waals surface area contributed by atoms with Crippen molar-refractivity contribution in [1.82, 2.24) is 15.2 Å². The van der Waals surface area contributed by atoms with E-state index in [1.807, 2.05) is 6.92 Å². The van der Waals surface area contributed by atoms with E-state index < -0.39 is 48.7 Å². The summed E-state index contributed by atoms with van der Waals surface area (Å²) >= 11 is 0. The molecule has 30 heavy (non-hydrogen) atoms. The largest absolute Gasteiger partial charge is 0.481 e. The van der Waals surface area contributed by atoms with Crippen molar-refractivity contribution >= 4 is 35.7 Å². The van der Waals surface area contributed by atoms with Crippen LogP contribution < -0.4 is 21.2 Å². The zero-order valence-electron chi connectivity index (χ0n) is 17.6. The maximum Gasteiger partial charge on any atom is 0.305 e. The van der Waals surface area contributed by atoms with Crippen LogP contribution in [0.4, 0.5) is 4.39 Å². The van der Waals surface area contributed by atoms with Crippen molar-refractivity contribution in [2.45, 2.75) is 52.1 Å². The van der Waals surface area contributed by atoms with E-state index in [4.69, 9.17) is 5.11 Å². The average molecular weight is 421 g/mol. The monoisotopic (exact) mass is 421 g/mol. The molecule has 0 spiro atoms. The van der Waals surface area contributed by atoms with Gasteiger partial charge in [0.15, 0.2) is 5.78 Å². The molecular formula is C21H28FN3O5. The summed E-state index contributed by atoms with van der Waals surface area (Å²) in [5.74, 6) is -3.91. The third-order valence-corrected chi connectivity index (χ3v) is 5.25. The molecule has 1 aliphatic carbocycles. The molecule has 0 radical (unpaired) electrons. The molecule has 2 atom stereocenters. The first-order valence-corrected chi connectivity index (χ1v) is 9.85. The second-order valence-electron chi connectivity index (χ2n) is 7.77. The Morgan fingerprint density at radius 1 is 1.17 bits per heavy atom. The lowest BCUT2D eigenvalue weighted by Gasteiger charge is -2.24. The second-order valence-corrected chi connectivity index (χ2v) is 7.77. The van der Waals surface area contributed by atoms with E-state index >= 15 is 0 Å². The molecule has 0 bridgehead atoms. The number of ketones is 1. The molecule has 0 saturated heterocycles. The Labute approximate surface area is 173 Å². The number of hydrogen-bond donors (Lipinski definition) is 3. The van der Waals surface area contributed by atoms with Gasteiger partial charge in [0, 0.05) is 12.4 Å². The molecule has 1 heterocycles. The van der Waals surface area contributed by atoms with Gasteiger partial charge in [0.1, 0.15) is 24.5 Å². The minimum Gasteiger partial charge on any atom is -0.481 e. The van der Waals surface area contributed by atoms with Gasteiger partial charge >= 0.3 is 5.97 Å². The molecule has 3 N–H and O–H groups in total. The number of nitrogens with zero attached hydrogens (tertiary/aromatic N) is 1. The fourth-order valence-electron chi connectivity index (χ4n) is 3.67. The molecule has 0 fully saturated rings. The normalized spacial score (nSPS) is 14.7. The number of nitrogens with one attached hydrogen (secondary N) is 2. The highest BCUT2D eigenvalue weighted by atomic mass is 19.1. The minimum atomic E-state index is -1.49. The van der Waals surface area contributed by atoms with E-state index in [-0.39, 0.29) is 5.92 Å². The first-order valence-electron chi connectivity index (χ1n) is 9.85. The zero-order valence-corrected chi connectivity index (χ0v) is 17.6. The number of carbonyl (C=O) groups excluding carboxylic acids is 3. The van der Waals surface area contributed by atoms with Gasteiger partial charge in [0.25, 0.3) is 5.91 Å². The number of alkyl halides is 1. The molecule has 0 saturated carbocycles. The van der Waals surface area contributed by atoms with Crippen LogP contribution in [0.5, 0.6) is 0 Å². The van der Waals surface area contributed by atoms with Crippen molar-refractivity contribution in [2.75, 3.05) is 6.67 Å². The van der Waals surface area contributed by atoms with Gasteiger partial charge in [-0.05, 0) is 36.5 Å². The van der Waals surface area contributed by atoms with Crippen LogP contribution in [0.25, 0.3) is 12.2 Å². The summed E-state index contributed by atoms with van der Waals surface area (Å²) in [5, 5.41) is 15.8. The van der Waals surface area contributed by atoms with Crippen LogP contribution in [0.2, 0.25) is 0 Å². The van der Waals surface area contributed by atoms with Gasteiger partial charge < -0.3 is 20.3 Å². The molecular weight excluding hydrogens is 393 g/mol. The summed E-state index contributed by atoms with van der Waals surface area (Å²) in [6.45, 7) is 3.87. The van der Waals surface area contributed by atoms with Crippen molar-refractivity contribution < 1.29 is 28.7 Å². The number of carboxylic acid groups (broad SMARTS) is 1. The van der Waals surface area contributed by atoms with Crippen molar-refractivity contribution in [3.05, 3.63) is 21.8 Å². The SMILES string of the molecule is Cc1c(C(=O)N[C@H](C(=O)NC(CC(=O)O)C(=O)CF)C(C)C)n(C)c2c1=CCCC=2. The van der Waals surface area contributed by atoms with Crippen molar-refractivity contribution in [2.24, 2.45) is 13.0 Å². The molecule has 0 aliphatic heterocycles. The summed E-state index contributed by atoms with van der Waals surface area (Å²) < 4.78 is 14.5. The number of hydrogen-bond acceptors (Lipinski definition) is 4. The lowest BCUT2D eigenvalue weighted by atomic mass is 10.0. The standard InChI is InChI=1S/C21H28FN3O5/c1-11(2)18(20(29)23-14(9-17(27)28)16(26)10-22)24-21(30)19-12(3)13-7-5-6-8-15(13)25(19)4/h7-8,11,14,18H,5-6,9-10H2,1-4H3,(H,23,29)(H,24,30)(H,27,28)/t14?,18-/m0/s1. The van der Waals surface area contributed by atoms with Gasteiger partial charge in [0.2, 0.25) is 5.91 Å². The minimum absolute atomic E-state index is 0.353. The Hall–Kier alpha value is -2.97. The maximum absolute atomic E-state index is 13.0. The van der Waals surface area contributed by atoms with Crippen LogP contribution in [0.3, 0.4) is 0 Å². The second kappa shape index (κ2) is 9.69. The number of carbonyl (C=O) groups is 4. The molecule has 2 amide bonds. The zero-order chi connectivity index (χ0) is 22.6. The molecule has 164 valence electrons. The molecule has 2 rings (SSSR count). The van der Waals surface area contributed by atoms with Gasteiger partial charge in [-0.15, -0.1) is 0 Å². The van der Waals surface area contributed by atoms with Crippen LogP contribution in [-0.4, -0.2) is 52.0 Å². The Bertz CT molecular complexity index is 940. The van der Waals surface area contributed by atoms with Crippen LogP contribution >= 0.6 is 0 Å². The lowest BCUT2D eigenvalue weighted by molar-refractivity contribution is -0.140. The predicted octanol–water partition coefficient (Wildman–Crippen LogP) is -0.0592. The van der Waals surface area contributed by atoms with Gasteiger partial charge in [-0.2, -0.15) is 0 Å². The number of Topliss-reactive ketones (excluding diaryl/α,β-unsaturated/α-hetero) is 1. The van der Waals surface area contributed by atoms with Gasteiger partial charge in [-0.1, -0.05) is 26.0 Å². The third-order valence-electron chi connectivity index (χ3n) is 5.25. The molecule has 9 heteroatoms. The molecule has 1 aromatic rings. The number of amides is 2. The number of carboxylic acids is 1. The van der Waals surface area contributed by atoms with Gasteiger partial charge in [-0.25, -0.2) is 4.39 Å². The lowest BCUT2D eigenvalue weighted by Crippen LogP contribution is -2.54. The summed E-state index contributed by atoms with van der Waals surface area (Å²) in [5.41, 5.74) is 1.23. The summed E-state index contributed by atoms with van der Waals surface area (Å²) in [6.07, 6.45) is 5.18. The maximum atomic E-state index is 13.0. The van der Waals surface area contributed by atoms with Crippen LogP contribution in [0.15, 0.2) is 0 Å². The summed E-state index contributed by atoms with van der Waals surface area (Å²) in [4.78, 5) is 48.3. The fraction of sp³-hybridized carbons (Fsp3) is 0.524. The molecule has 8 nitrogen and oxygen atoms in total. The predicted molar refractivity (Wildman–Crippen MR) is 109 cm³/mol. The highest BCUT2D eigenvalue weighted by molar-refractivity contribution is 5.99. The van der Waals surface area contributed by atoms with E-state index in [0.717, 1.165) is 29.0 Å². The molecule has 1 unspecified atom stereocenters. The van der Waals surface area contributed by atoms with Crippen molar-refractivity contribution in [3.63, 3.8) is 0 Å². The van der Waals surface area contributed by atoms with E-state index in [2.05, 4.69) is 22.8 Å². The first kappa shape index (κ1) is 23.3. The topological polar surface area (TPSA) is 118 Å². The average Bonchev–Trinajstić information content (AvgIpc) is 2.95. The summed E-state index contributed by atoms with van der Waals surface area (Å²) in [6, 6.07) is -2.52. The Morgan fingerprint density at radius 3 is 2.33 bits per heavy atom.